The van der Waals surface area contributed by atoms with Crippen molar-refractivity contribution in [1.29, 1.82) is 0 Å². The number of amidine groups is 1. The highest BCUT2D eigenvalue weighted by molar-refractivity contribution is 8.15. The average molecular weight is 284 g/mol. The van der Waals surface area contributed by atoms with Crippen LogP contribution in [-0.4, -0.2) is 36.4 Å². The van der Waals surface area contributed by atoms with E-state index in [1.807, 2.05) is 32.0 Å². The lowest BCUT2D eigenvalue weighted by atomic mass is 10.1. The van der Waals surface area contributed by atoms with E-state index in [4.69, 9.17) is 0 Å². The summed E-state index contributed by atoms with van der Waals surface area (Å²) in [4.78, 5) is 4.53. The van der Waals surface area contributed by atoms with Crippen LogP contribution in [0.4, 0.5) is 5.69 Å². The van der Waals surface area contributed by atoms with Crippen LogP contribution in [0, 0.1) is 13.8 Å². The van der Waals surface area contributed by atoms with Gasteiger partial charge >= 0.3 is 0 Å². The molecule has 98 valence electrons. The Hall–Kier alpha value is -1.01. The first kappa shape index (κ1) is 13.4. The van der Waals surface area contributed by atoms with Crippen LogP contribution in [0.2, 0.25) is 0 Å². The number of hydrogen-bond acceptors (Lipinski definition) is 4. The molecule has 0 spiro atoms. The minimum Gasteiger partial charge on any atom is -0.248 e. The van der Waals surface area contributed by atoms with E-state index < -0.39 is 10.0 Å². The van der Waals surface area contributed by atoms with E-state index in [0.717, 1.165) is 22.6 Å². The first-order chi connectivity index (χ1) is 8.39. The molecular formula is C12H16N2O2S2. The van der Waals surface area contributed by atoms with E-state index in [1.165, 1.54) is 22.3 Å². The largest absolute Gasteiger partial charge is 0.248 e. The van der Waals surface area contributed by atoms with Crippen LogP contribution < -0.4 is 0 Å². The molecule has 6 heteroatoms. The van der Waals surface area contributed by atoms with Crippen LogP contribution in [0.15, 0.2) is 23.2 Å². The Bertz CT molecular complexity index is 574. The van der Waals surface area contributed by atoms with E-state index in [-0.39, 0.29) is 0 Å². The quantitative estimate of drug-likeness (QED) is 0.837. The summed E-state index contributed by atoms with van der Waals surface area (Å²) in [5.41, 5.74) is 2.99. The Morgan fingerprint density at radius 3 is 2.44 bits per heavy atom. The number of rotatable bonds is 2. The second-order valence-electron chi connectivity index (χ2n) is 4.32. The summed E-state index contributed by atoms with van der Waals surface area (Å²) in [6.45, 7) is 4.47. The van der Waals surface area contributed by atoms with Crippen LogP contribution in [0.3, 0.4) is 0 Å². The minimum absolute atomic E-state index is 0.507. The number of thioether (sulfide) groups is 1. The van der Waals surface area contributed by atoms with E-state index in [1.54, 1.807) is 0 Å². The highest BCUT2D eigenvalue weighted by Gasteiger charge is 2.27. The maximum Gasteiger partial charge on any atom is 0.233 e. The molecule has 1 fully saturated rings. The molecule has 0 N–H and O–H groups in total. The SMILES string of the molecule is Cc1cccc(C)c1N=C1SCCN1S(C)(=O)=O. The lowest BCUT2D eigenvalue weighted by Gasteiger charge is -2.15. The van der Waals surface area contributed by atoms with Gasteiger partial charge in [0, 0.05) is 12.3 Å². The fraction of sp³-hybridized carbons (Fsp3) is 0.417. The molecule has 0 bridgehead atoms. The second kappa shape index (κ2) is 4.93. The zero-order valence-electron chi connectivity index (χ0n) is 10.7. The van der Waals surface area contributed by atoms with Gasteiger partial charge in [0.15, 0.2) is 5.17 Å². The Balaban J connectivity index is 2.45. The minimum atomic E-state index is -3.22. The summed E-state index contributed by atoms with van der Waals surface area (Å²) in [6, 6.07) is 5.94. The van der Waals surface area contributed by atoms with E-state index >= 15 is 0 Å². The molecule has 0 saturated carbocycles. The van der Waals surface area contributed by atoms with Gasteiger partial charge in [0.2, 0.25) is 10.0 Å². The Labute approximate surface area is 112 Å². The first-order valence-corrected chi connectivity index (χ1v) is 8.48. The van der Waals surface area contributed by atoms with Gasteiger partial charge in [-0.3, -0.25) is 0 Å². The van der Waals surface area contributed by atoms with E-state index in [0.29, 0.717) is 11.7 Å². The van der Waals surface area contributed by atoms with Crippen LogP contribution >= 0.6 is 11.8 Å². The lowest BCUT2D eigenvalue weighted by Crippen LogP contribution is -2.30. The normalized spacial score (nSPS) is 18.6. The molecule has 0 atom stereocenters. The number of nitrogens with zero attached hydrogens (tertiary/aromatic N) is 2. The Morgan fingerprint density at radius 2 is 1.89 bits per heavy atom. The smallest absolute Gasteiger partial charge is 0.233 e. The molecule has 1 aromatic carbocycles. The fourth-order valence-electron chi connectivity index (χ4n) is 1.86. The van der Waals surface area contributed by atoms with Gasteiger partial charge in [-0.25, -0.2) is 17.7 Å². The van der Waals surface area contributed by atoms with Gasteiger partial charge < -0.3 is 0 Å². The molecule has 1 aliphatic rings. The summed E-state index contributed by atoms with van der Waals surface area (Å²) in [5, 5.41) is 0.579. The molecule has 1 aliphatic heterocycles. The van der Waals surface area contributed by atoms with Crippen molar-refractivity contribution in [2.45, 2.75) is 13.8 Å². The van der Waals surface area contributed by atoms with Gasteiger partial charge in [0.05, 0.1) is 11.9 Å². The van der Waals surface area contributed by atoms with Crippen LogP contribution in [0.1, 0.15) is 11.1 Å². The van der Waals surface area contributed by atoms with Crippen molar-refractivity contribution < 1.29 is 8.42 Å². The standard InChI is InChI=1S/C12H16N2O2S2/c1-9-5-4-6-10(2)11(9)13-12-14(7-8-17-12)18(3,15)16/h4-6H,7-8H2,1-3H3. The zero-order chi connectivity index (χ0) is 13.3. The van der Waals surface area contributed by atoms with Crippen LogP contribution in [0.25, 0.3) is 0 Å². The third-order valence-electron chi connectivity index (χ3n) is 2.79. The van der Waals surface area contributed by atoms with Crippen LogP contribution in [0.5, 0.6) is 0 Å². The summed E-state index contributed by atoms with van der Waals surface area (Å²) in [5.74, 6) is 0.761. The highest BCUT2D eigenvalue weighted by atomic mass is 32.2. The molecule has 1 aromatic rings. The number of benzene rings is 1. The van der Waals surface area contributed by atoms with Gasteiger partial charge in [-0.1, -0.05) is 30.0 Å². The third kappa shape index (κ3) is 2.70. The van der Waals surface area contributed by atoms with Crippen molar-refractivity contribution in [3.63, 3.8) is 0 Å². The molecule has 0 radical (unpaired) electrons. The van der Waals surface area contributed by atoms with E-state index in [9.17, 15) is 8.42 Å². The average Bonchev–Trinajstić information content (AvgIpc) is 2.71. The summed E-state index contributed by atoms with van der Waals surface area (Å²) < 4.78 is 24.7. The van der Waals surface area contributed by atoms with Gasteiger partial charge in [-0.15, -0.1) is 0 Å². The molecule has 0 unspecified atom stereocenters. The number of hydrogen-bond donors (Lipinski definition) is 0. The molecule has 0 amide bonds. The van der Waals surface area contributed by atoms with Crippen molar-refractivity contribution in [1.82, 2.24) is 4.31 Å². The van der Waals surface area contributed by atoms with Crippen molar-refractivity contribution in [3.05, 3.63) is 29.3 Å². The predicted octanol–water partition coefficient (Wildman–Crippen LogP) is 2.30. The number of para-hydroxylation sites is 1. The molecule has 1 heterocycles. The number of aliphatic imine (C=N–C) groups is 1. The third-order valence-corrected chi connectivity index (χ3v) is 5.01. The zero-order valence-corrected chi connectivity index (χ0v) is 12.3. The molecule has 18 heavy (non-hydrogen) atoms. The van der Waals surface area contributed by atoms with Crippen molar-refractivity contribution in [3.8, 4) is 0 Å². The summed E-state index contributed by atoms with van der Waals surface area (Å²) in [6.07, 6.45) is 1.22. The Kier molecular flexibility index (Phi) is 3.68. The van der Waals surface area contributed by atoms with Gasteiger partial charge in [0.25, 0.3) is 0 Å². The maximum absolute atomic E-state index is 11.6. The number of sulfonamides is 1. The summed E-state index contributed by atoms with van der Waals surface area (Å²) >= 11 is 1.49. The molecule has 4 nitrogen and oxygen atoms in total. The van der Waals surface area contributed by atoms with Crippen LogP contribution in [-0.2, 0) is 10.0 Å². The van der Waals surface area contributed by atoms with E-state index in [2.05, 4.69) is 4.99 Å². The highest BCUT2D eigenvalue weighted by Crippen LogP contribution is 2.28. The monoisotopic (exact) mass is 284 g/mol. The Morgan fingerprint density at radius 1 is 1.28 bits per heavy atom. The molecule has 2 rings (SSSR count). The second-order valence-corrected chi connectivity index (χ2v) is 7.29. The summed E-state index contributed by atoms with van der Waals surface area (Å²) in [7, 11) is -3.22. The first-order valence-electron chi connectivity index (χ1n) is 5.65. The molecular weight excluding hydrogens is 268 g/mol. The van der Waals surface area contributed by atoms with Gasteiger partial charge in [-0.05, 0) is 25.0 Å². The fourth-order valence-corrected chi connectivity index (χ4v) is 4.14. The molecule has 0 aliphatic carbocycles. The topological polar surface area (TPSA) is 49.7 Å². The van der Waals surface area contributed by atoms with Gasteiger partial charge in [0.1, 0.15) is 0 Å². The maximum atomic E-state index is 11.6. The molecule has 1 saturated heterocycles. The lowest BCUT2D eigenvalue weighted by molar-refractivity contribution is 0.546. The molecule has 0 aromatic heterocycles. The predicted molar refractivity (Wildman–Crippen MR) is 77.0 cm³/mol. The van der Waals surface area contributed by atoms with Gasteiger partial charge in [-0.2, -0.15) is 0 Å². The van der Waals surface area contributed by atoms with Crippen molar-refractivity contribution >= 4 is 32.6 Å². The number of aryl methyl sites for hydroxylation is 2. The van der Waals surface area contributed by atoms with Crippen molar-refractivity contribution in [2.75, 3.05) is 18.6 Å². The van der Waals surface area contributed by atoms with Crippen molar-refractivity contribution in [2.24, 2.45) is 4.99 Å².